The molecule has 0 aromatic heterocycles. The summed E-state index contributed by atoms with van der Waals surface area (Å²) in [5, 5.41) is 2.35. The number of hydrogen-bond donors (Lipinski definition) is 2. The standard InChI is InChI=1S/C14H15N3O5S/c15-13(20)9-1-3-10(4-2-9)16-11(18)8-22-12(19)7-17-5-6-23-14(17)21/h1-4H,5-8H2,(H2,15,20)(H,16,18). The van der Waals surface area contributed by atoms with Crippen LogP contribution < -0.4 is 11.1 Å². The average molecular weight is 337 g/mol. The quantitative estimate of drug-likeness (QED) is 0.727. The number of nitrogens with two attached hydrogens (primary N) is 1. The van der Waals surface area contributed by atoms with E-state index in [4.69, 9.17) is 10.5 Å². The van der Waals surface area contributed by atoms with Crippen LogP contribution in [-0.4, -0.2) is 53.4 Å². The fraction of sp³-hybridized carbons (Fsp3) is 0.286. The van der Waals surface area contributed by atoms with Crippen LogP contribution in [0.3, 0.4) is 0 Å². The summed E-state index contributed by atoms with van der Waals surface area (Å²) in [7, 11) is 0. The molecule has 9 heteroatoms. The van der Waals surface area contributed by atoms with Crippen LogP contribution in [-0.2, 0) is 14.3 Å². The van der Waals surface area contributed by atoms with Crippen LogP contribution in [0.5, 0.6) is 0 Å². The first-order valence-corrected chi connectivity index (χ1v) is 7.71. The molecule has 1 aromatic rings. The minimum absolute atomic E-state index is 0.160. The number of anilines is 1. The highest BCUT2D eigenvalue weighted by atomic mass is 32.2. The van der Waals surface area contributed by atoms with Gasteiger partial charge in [0.2, 0.25) is 5.91 Å². The third-order valence-electron chi connectivity index (χ3n) is 2.98. The maximum absolute atomic E-state index is 11.7. The van der Waals surface area contributed by atoms with Gasteiger partial charge in [0.05, 0.1) is 0 Å². The van der Waals surface area contributed by atoms with Gasteiger partial charge in [0.25, 0.3) is 11.1 Å². The molecule has 8 nitrogen and oxygen atoms in total. The van der Waals surface area contributed by atoms with Crippen LogP contribution in [0.1, 0.15) is 10.4 Å². The number of carbonyl (C=O) groups is 4. The molecule has 3 N–H and O–H groups in total. The van der Waals surface area contributed by atoms with Gasteiger partial charge in [-0.2, -0.15) is 0 Å². The Kier molecular flexibility index (Phi) is 5.58. The fourth-order valence-corrected chi connectivity index (χ4v) is 2.66. The summed E-state index contributed by atoms with van der Waals surface area (Å²) in [5.74, 6) is -1.08. The number of hydrogen-bond acceptors (Lipinski definition) is 6. The Balaban J connectivity index is 1.75. The molecule has 0 saturated carbocycles. The molecule has 1 aromatic carbocycles. The van der Waals surface area contributed by atoms with Crippen LogP contribution >= 0.6 is 11.8 Å². The fourth-order valence-electron chi connectivity index (χ4n) is 1.83. The molecule has 23 heavy (non-hydrogen) atoms. The van der Waals surface area contributed by atoms with Crippen molar-refractivity contribution in [2.75, 3.05) is 30.8 Å². The Bertz CT molecular complexity index is 632. The van der Waals surface area contributed by atoms with Crippen molar-refractivity contribution in [3.05, 3.63) is 29.8 Å². The van der Waals surface area contributed by atoms with E-state index in [2.05, 4.69) is 5.32 Å². The zero-order valence-corrected chi connectivity index (χ0v) is 12.9. The lowest BCUT2D eigenvalue weighted by molar-refractivity contribution is -0.147. The number of benzene rings is 1. The molecule has 0 unspecified atom stereocenters. The molecule has 1 aliphatic heterocycles. The van der Waals surface area contributed by atoms with Gasteiger partial charge in [0, 0.05) is 23.5 Å². The summed E-state index contributed by atoms with van der Waals surface area (Å²) in [4.78, 5) is 46.9. The minimum Gasteiger partial charge on any atom is -0.454 e. The lowest BCUT2D eigenvalue weighted by Gasteiger charge is -2.13. The first-order valence-electron chi connectivity index (χ1n) is 6.73. The van der Waals surface area contributed by atoms with E-state index in [1.807, 2.05) is 0 Å². The molecule has 1 heterocycles. The second-order valence-electron chi connectivity index (χ2n) is 4.69. The second kappa shape index (κ2) is 7.63. The second-order valence-corrected chi connectivity index (χ2v) is 5.73. The van der Waals surface area contributed by atoms with E-state index >= 15 is 0 Å². The molecule has 1 saturated heterocycles. The van der Waals surface area contributed by atoms with Gasteiger partial charge in [-0.15, -0.1) is 0 Å². The zero-order chi connectivity index (χ0) is 16.8. The lowest BCUT2D eigenvalue weighted by atomic mass is 10.2. The van der Waals surface area contributed by atoms with E-state index in [0.29, 0.717) is 23.5 Å². The number of ether oxygens (including phenoxy) is 1. The molecule has 3 amide bonds. The van der Waals surface area contributed by atoms with Crippen molar-refractivity contribution in [1.82, 2.24) is 4.90 Å². The highest BCUT2D eigenvalue weighted by molar-refractivity contribution is 8.13. The van der Waals surface area contributed by atoms with Crippen LogP contribution in [0.25, 0.3) is 0 Å². The van der Waals surface area contributed by atoms with Crippen molar-refractivity contribution in [3.63, 3.8) is 0 Å². The summed E-state index contributed by atoms with van der Waals surface area (Å²) < 4.78 is 4.82. The number of primary amides is 1. The number of amides is 3. The molecule has 0 radical (unpaired) electrons. The Morgan fingerprint density at radius 1 is 1.26 bits per heavy atom. The highest BCUT2D eigenvalue weighted by Crippen LogP contribution is 2.16. The van der Waals surface area contributed by atoms with Gasteiger partial charge in [-0.3, -0.25) is 19.2 Å². The number of nitrogens with zero attached hydrogens (tertiary/aromatic N) is 1. The molecule has 0 bridgehead atoms. The molecule has 2 rings (SSSR count). The zero-order valence-electron chi connectivity index (χ0n) is 12.1. The first kappa shape index (κ1) is 16.8. The van der Waals surface area contributed by atoms with E-state index in [-0.39, 0.29) is 11.8 Å². The lowest BCUT2D eigenvalue weighted by Crippen LogP contribution is -2.32. The van der Waals surface area contributed by atoms with E-state index in [0.717, 1.165) is 11.8 Å². The molecule has 1 fully saturated rings. The number of rotatable bonds is 6. The molecule has 122 valence electrons. The van der Waals surface area contributed by atoms with Gasteiger partial charge in [-0.05, 0) is 24.3 Å². The van der Waals surface area contributed by atoms with Crippen LogP contribution in [0.15, 0.2) is 24.3 Å². The van der Waals surface area contributed by atoms with Crippen molar-refractivity contribution < 1.29 is 23.9 Å². The van der Waals surface area contributed by atoms with Gasteiger partial charge in [0.1, 0.15) is 6.54 Å². The van der Waals surface area contributed by atoms with Crippen molar-refractivity contribution in [2.45, 2.75) is 0 Å². The predicted molar refractivity (Wildman–Crippen MR) is 84.0 cm³/mol. The topological polar surface area (TPSA) is 119 Å². The van der Waals surface area contributed by atoms with E-state index in [9.17, 15) is 19.2 Å². The molecule has 1 aliphatic rings. The van der Waals surface area contributed by atoms with Crippen molar-refractivity contribution in [2.24, 2.45) is 5.73 Å². The maximum Gasteiger partial charge on any atom is 0.326 e. The van der Waals surface area contributed by atoms with Crippen molar-refractivity contribution in [3.8, 4) is 0 Å². The summed E-state index contributed by atoms with van der Waals surface area (Å²) >= 11 is 1.14. The van der Waals surface area contributed by atoms with Crippen molar-refractivity contribution >= 4 is 40.5 Å². The first-order chi connectivity index (χ1) is 11.0. The molecular formula is C14H15N3O5S. The minimum atomic E-state index is -0.639. The van der Waals surface area contributed by atoms with Crippen molar-refractivity contribution in [1.29, 1.82) is 0 Å². The molecule has 0 aliphatic carbocycles. The van der Waals surface area contributed by atoms with E-state index in [1.54, 1.807) is 0 Å². The summed E-state index contributed by atoms with van der Waals surface area (Å²) in [6.45, 7) is -0.116. The van der Waals surface area contributed by atoms with Gasteiger partial charge in [-0.1, -0.05) is 11.8 Å². The number of thioether (sulfide) groups is 1. The molecule has 0 spiro atoms. The van der Waals surface area contributed by atoms with E-state index < -0.39 is 24.4 Å². The summed E-state index contributed by atoms with van der Waals surface area (Å²) in [6.07, 6.45) is 0. The molecular weight excluding hydrogens is 322 g/mol. The monoisotopic (exact) mass is 337 g/mol. The number of carbonyl (C=O) groups excluding carboxylic acids is 4. The normalized spacial score (nSPS) is 13.7. The van der Waals surface area contributed by atoms with Crippen LogP contribution in [0, 0.1) is 0 Å². The number of nitrogens with one attached hydrogen (secondary N) is 1. The van der Waals surface area contributed by atoms with Gasteiger partial charge < -0.3 is 20.7 Å². The Hall–Kier alpha value is -2.55. The van der Waals surface area contributed by atoms with Gasteiger partial charge >= 0.3 is 5.97 Å². The summed E-state index contributed by atoms with van der Waals surface area (Å²) in [6, 6.07) is 5.97. The smallest absolute Gasteiger partial charge is 0.326 e. The Morgan fingerprint density at radius 2 is 1.96 bits per heavy atom. The van der Waals surface area contributed by atoms with E-state index in [1.165, 1.54) is 29.2 Å². The average Bonchev–Trinajstić information content (AvgIpc) is 2.91. The Labute approximate surface area is 136 Å². The van der Waals surface area contributed by atoms with Gasteiger partial charge in [0.15, 0.2) is 6.61 Å². The van der Waals surface area contributed by atoms with Gasteiger partial charge in [-0.25, -0.2) is 0 Å². The highest BCUT2D eigenvalue weighted by Gasteiger charge is 2.24. The maximum atomic E-state index is 11.7. The Morgan fingerprint density at radius 3 is 2.52 bits per heavy atom. The van der Waals surface area contributed by atoms with Crippen LogP contribution in [0.2, 0.25) is 0 Å². The SMILES string of the molecule is NC(=O)c1ccc(NC(=O)COC(=O)CN2CCSC2=O)cc1. The van der Waals surface area contributed by atoms with Crippen LogP contribution in [0.4, 0.5) is 10.5 Å². The summed E-state index contributed by atoms with van der Waals surface area (Å²) in [5.41, 5.74) is 5.88. The predicted octanol–water partition coefficient (Wildman–Crippen LogP) is 0.436. The largest absolute Gasteiger partial charge is 0.454 e. The number of esters is 1. The third kappa shape index (κ3) is 4.99. The molecule has 0 atom stereocenters. The third-order valence-corrected chi connectivity index (χ3v) is 3.87.